The molecule has 0 fully saturated rings. The van der Waals surface area contributed by atoms with E-state index in [-0.39, 0.29) is 17.5 Å². The lowest BCUT2D eigenvalue weighted by atomic mass is 10.2. The van der Waals surface area contributed by atoms with Crippen molar-refractivity contribution < 1.29 is 9.13 Å². The summed E-state index contributed by atoms with van der Waals surface area (Å²) >= 11 is 0. The van der Waals surface area contributed by atoms with Gasteiger partial charge in [0.2, 0.25) is 5.88 Å². The molecule has 0 spiro atoms. The highest BCUT2D eigenvalue weighted by atomic mass is 19.1. The van der Waals surface area contributed by atoms with E-state index in [2.05, 4.69) is 19.9 Å². The standard InChI is InChI=1S/C18H14FN5O/c1-10-2-7-13-14(8-10)23-18(22-13)16-17(20)21-9-15(24-16)25-12-5-3-11(19)4-6-12/h2-9H,1H3,(H2,20,21)(H,22,23). The first-order valence-corrected chi connectivity index (χ1v) is 7.61. The Balaban J connectivity index is 1.72. The van der Waals surface area contributed by atoms with Crippen molar-refractivity contribution in [3.8, 4) is 23.1 Å². The van der Waals surface area contributed by atoms with Crippen LogP contribution in [0.1, 0.15) is 5.56 Å². The van der Waals surface area contributed by atoms with E-state index in [1.165, 1.54) is 30.5 Å². The van der Waals surface area contributed by atoms with Gasteiger partial charge in [0.05, 0.1) is 17.2 Å². The van der Waals surface area contributed by atoms with E-state index in [1.807, 2.05) is 25.1 Å². The summed E-state index contributed by atoms with van der Waals surface area (Å²) in [6.45, 7) is 2.01. The molecule has 2 aromatic carbocycles. The van der Waals surface area contributed by atoms with Gasteiger partial charge in [-0.3, -0.25) is 0 Å². The van der Waals surface area contributed by atoms with Crippen molar-refractivity contribution in [2.75, 3.05) is 5.73 Å². The first-order chi connectivity index (χ1) is 12.1. The topological polar surface area (TPSA) is 89.7 Å². The number of rotatable bonds is 3. The first kappa shape index (κ1) is 15.1. The maximum absolute atomic E-state index is 13.0. The summed E-state index contributed by atoms with van der Waals surface area (Å²) in [4.78, 5) is 16.2. The highest BCUT2D eigenvalue weighted by molar-refractivity contribution is 5.81. The van der Waals surface area contributed by atoms with Crippen molar-refractivity contribution in [2.24, 2.45) is 0 Å². The van der Waals surface area contributed by atoms with E-state index >= 15 is 0 Å². The summed E-state index contributed by atoms with van der Waals surface area (Å²) in [6.07, 6.45) is 1.41. The zero-order valence-electron chi connectivity index (χ0n) is 13.3. The molecule has 0 radical (unpaired) electrons. The molecular weight excluding hydrogens is 321 g/mol. The van der Waals surface area contributed by atoms with E-state index in [9.17, 15) is 4.39 Å². The first-order valence-electron chi connectivity index (χ1n) is 7.61. The minimum absolute atomic E-state index is 0.238. The number of aromatic amines is 1. The van der Waals surface area contributed by atoms with Crippen LogP contribution in [0.5, 0.6) is 11.6 Å². The Hall–Kier alpha value is -3.48. The number of nitrogens with zero attached hydrogens (tertiary/aromatic N) is 3. The molecule has 0 amide bonds. The van der Waals surface area contributed by atoms with Crippen LogP contribution in [0.4, 0.5) is 10.2 Å². The molecule has 2 aromatic heterocycles. The number of hydrogen-bond acceptors (Lipinski definition) is 5. The molecule has 0 unspecified atom stereocenters. The number of ether oxygens (including phenoxy) is 1. The molecular formula is C18H14FN5O. The van der Waals surface area contributed by atoms with E-state index in [0.717, 1.165) is 16.6 Å². The number of aryl methyl sites for hydroxylation is 1. The molecule has 4 aromatic rings. The van der Waals surface area contributed by atoms with Crippen LogP contribution in [0.3, 0.4) is 0 Å². The molecule has 2 heterocycles. The van der Waals surface area contributed by atoms with Crippen LogP contribution in [0.25, 0.3) is 22.6 Å². The summed E-state index contributed by atoms with van der Waals surface area (Å²) in [7, 11) is 0. The molecule has 0 aliphatic rings. The molecule has 0 aliphatic heterocycles. The monoisotopic (exact) mass is 335 g/mol. The SMILES string of the molecule is Cc1ccc2nc(-c3nc(Oc4ccc(F)cc4)cnc3N)[nH]c2c1. The van der Waals surface area contributed by atoms with E-state index in [0.29, 0.717) is 17.3 Å². The second-order valence-electron chi connectivity index (χ2n) is 5.60. The fourth-order valence-corrected chi connectivity index (χ4v) is 2.46. The summed E-state index contributed by atoms with van der Waals surface area (Å²) < 4.78 is 18.6. The van der Waals surface area contributed by atoms with Crippen LogP contribution in [-0.4, -0.2) is 19.9 Å². The van der Waals surface area contributed by atoms with Gasteiger partial charge in [0.15, 0.2) is 17.3 Å². The zero-order valence-corrected chi connectivity index (χ0v) is 13.3. The number of nitrogen functional groups attached to an aromatic ring is 1. The Morgan fingerprint density at radius 3 is 2.68 bits per heavy atom. The third-order valence-electron chi connectivity index (χ3n) is 3.68. The number of nitrogens with one attached hydrogen (secondary N) is 1. The number of fused-ring (bicyclic) bond motifs is 1. The Kier molecular flexibility index (Phi) is 3.53. The number of halogens is 1. The van der Waals surface area contributed by atoms with Crippen LogP contribution in [-0.2, 0) is 0 Å². The van der Waals surface area contributed by atoms with Gasteiger partial charge in [-0.15, -0.1) is 0 Å². The Morgan fingerprint density at radius 1 is 1.08 bits per heavy atom. The highest BCUT2D eigenvalue weighted by Gasteiger charge is 2.13. The third kappa shape index (κ3) is 2.99. The smallest absolute Gasteiger partial charge is 0.238 e. The Morgan fingerprint density at radius 2 is 1.88 bits per heavy atom. The van der Waals surface area contributed by atoms with Crippen molar-refractivity contribution in [2.45, 2.75) is 6.92 Å². The number of aromatic nitrogens is 4. The van der Waals surface area contributed by atoms with Gasteiger partial charge in [-0.2, -0.15) is 0 Å². The molecule has 0 atom stereocenters. The average molecular weight is 335 g/mol. The van der Waals surface area contributed by atoms with Crippen LogP contribution in [0.15, 0.2) is 48.7 Å². The molecule has 3 N–H and O–H groups in total. The average Bonchev–Trinajstić information content (AvgIpc) is 3.01. The van der Waals surface area contributed by atoms with Crippen molar-refractivity contribution >= 4 is 16.9 Å². The minimum atomic E-state index is -0.339. The lowest BCUT2D eigenvalue weighted by Crippen LogP contribution is -2.00. The van der Waals surface area contributed by atoms with Gasteiger partial charge in [-0.1, -0.05) is 6.07 Å². The fraction of sp³-hybridized carbons (Fsp3) is 0.0556. The fourth-order valence-electron chi connectivity index (χ4n) is 2.46. The Bertz CT molecular complexity index is 1060. The normalized spacial score (nSPS) is 11.0. The van der Waals surface area contributed by atoms with Gasteiger partial charge in [0.1, 0.15) is 11.6 Å². The Labute approximate surface area is 142 Å². The maximum Gasteiger partial charge on any atom is 0.238 e. The van der Waals surface area contributed by atoms with E-state index in [4.69, 9.17) is 10.5 Å². The molecule has 0 saturated carbocycles. The van der Waals surface area contributed by atoms with Crippen molar-refractivity contribution in [3.63, 3.8) is 0 Å². The van der Waals surface area contributed by atoms with Gasteiger partial charge in [0, 0.05) is 0 Å². The molecule has 0 aliphatic carbocycles. The quantitative estimate of drug-likeness (QED) is 0.594. The maximum atomic E-state index is 13.0. The van der Waals surface area contributed by atoms with Crippen molar-refractivity contribution in [1.29, 1.82) is 0 Å². The van der Waals surface area contributed by atoms with Gasteiger partial charge in [-0.05, 0) is 48.9 Å². The number of imidazole rings is 1. The number of nitrogens with two attached hydrogens (primary N) is 1. The van der Waals surface area contributed by atoms with Gasteiger partial charge < -0.3 is 15.5 Å². The molecule has 25 heavy (non-hydrogen) atoms. The molecule has 7 heteroatoms. The number of anilines is 1. The largest absolute Gasteiger partial charge is 0.437 e. The summed E-state index contributed by atoms with van der Waals surface area (Å²) in [6, 6.07) is 11.5. The summed E-state index contributed by atoms with van der Waals surface area (Å²) in [5, 5.41) is 0. The van der Waals surface area contributed by atoms with Gasteiger partial charge in [0.25, 0.3) is 0 Å². The zero-order chi connectivity index (χ0) is 17.4. The molecule has 0 saturated heterocycles. The van der Waals surface area contributed by atoms with Crippen LogP contribution < -0.4 is 10.5 Å². The minimum Gasteiger partial charge on any atom is -0.437 e. The molecule has 6 nitrogen and oxygen atoms in total. The van der Waals surface area contributed by atoms with Crippen molar-refractivity contribution in [1.82, 2.24) is 19.9 Å². The van der Waals surface area contributed by atoms with Crippen LogP contribution in [0.2, 0.25) is 0 Å². The van der Waals surface area contributed by atoms with Crippen LogP contribution >= 0.6 is 0 Å². The molecule has 124 valence electrons. The second kappa shape index (κ2) is 5.86. The highest BCUT2D eigenvalue weighted by Crippen LogP contribution is 2.27. The number of hydrogen-bond donors (Lipinski definition) is 2. The molecule has 0 bridgehead atoms. The second-order valence-corrected chi connectivity index (χ2v) is 5.60. The number of benzene rings is 2. The summed E-state index contributed by atoms with van der Waals surface area (Å²) in [5.74, 6) is 1.10. The van der Waals surface area contributed by atoms with Crippen molar-refractivity contribution in [3.05, 3.63) is 60.0 Å². The summed E-state index contributed by atoms with van der Waals surface area (Å²) in [5.41, 5.74) is 9.17. The lowest BCUT2D eigenvalue weighted by Gasteiger charge is -2.06. The van der Waals surface area contributed by atoms with Gasteiger partial charge >= 0.3 is 0 Å². The van der Waals surface area contributed by atoms with Crippen LogP contribution in [0, 0.1) is 12.7 Å². The predicted octanol–water partition coefficient (Wildman–Crippen LogP) is 3.84. The van der Waals surface area contributed by atoms with E-state index in [1.54, 1.807) is 0 Å². The number of H-pyrrole nitrogens is 1. The third-order valence-corrected chi connectivity index (χ3v) is 3.68. The predicted molar refractivity (Wildman–Crippen MR) is 92.7 cm³/mol. The lowest BCUT2D eigenvalue weighted by molar-refractivity contribution is 0.459. The van der Waals surface area contributed by atoms with Gasteiger partial charge in [-0.25, -0.2) is 19.3 Å². The van der Waals surface area contributed by atoms with E-state index < -0.39 is 0 Å². The molecule has 4 rings (SSSR count).